The summed E-state index contributed by atoms with van der Waals surface area (Å²) in [6.07, 6.45) is 0. The fourth-order valence-corrected chi connectivity index (χ4v) is 1.95. The van der Waals surface area contributed by atoms with Crippen LogP contribution in [0.15, 0.2) is 24.3 Å². The highest BCUT2D eigenvalue weighted by Gasteiger charge is 2.19. The molecule has 1 amide bonds. The van der Waals surface area contributed by atoms with E-state index in [0.29, 0.717) is 19.6 Å². The van der Waals surface area contributed by atoms with E-state index in [0.717, 1.165) is 11.3 Å². The summed E-state index contributed by atoms with van der Waals surface area (Å²) in [5, 5.41) is 12.6. The van der Waals surface area contributed by atoms with Crippen molar-refractivity contribution in [2.45, 2.75) is 32.9 Å². The molecule has 0 bridgehead atoms. The van der Waals surface area contributed by atoms with E-state index >= 15 is 0 Å². The van der Waals surface area contributed by atoms with Crippen LogP contribution in [0.3, 0.4) is 0 Å². The molecular weight excluding hydrogens is 254 g/mol. The topological polar surface area (TPSA) is 78.6 Å². The molecule has 112 valence electrons. The summed E-state index contributed by atoms with van der Waals surface area (Å²) in [7, 11) is 0. The lowest BCUT2D eigenvalue weighted by molar-refractivity contribution is -0.117. The highest BCUT2D eigenvalue weighted by Crippen LogP contribution is 2.10. The predicted octanol–water partition coefficient (Wildman–Crippen LogP) is 1.18. The molecule has 4 N–H and O–H groups in total. The zero-order valence-electron chi connectivity index (χ0n) is 12.5. The zero-order chi connectivity index (χ0) is 15.2. The van der Waals surface area contributed by atoms with Gasteiger partial charge < -0.3 is 16.2 Å². The summed E-state index contributed by atoms with van der Waals surface area (Å²) in [5.74, 6) is -0.0865. The van der Waals surface area contributed by atoms with Crippen molar-refractivity contribution in [1.29, 1.82) is 0 Å². The van der Waals surface area contributed by atoms with Gasteiger partial charge in [0.2, 0.25) is 5.91 Å². The number of likely N-dealkylation sites (N-methyl/N-ethyl adjacent to an activating group) is 1. The van der Waals surface area contributed by atoms with Crippen LogP contribution in [0.5, 0.6) is 0 Å². The second-order valence-electron chi connectivity index (χ2n) is 5.56. The number of hydrogen-bond donors (Lipinski definition) is 3. The van der Waals surface area contributed by atoms with Crippen molar-refractivity contribution in [3.63, 3.8) is 0 Å². The Kier molecular flexibility index (Phi) is 6.13. The molecule has 0 aliphatic heterocycles. The number of anilines is 1. The van der Waals surface area contributed by atoms with Gasteiger partial charge in [0, 0.05) is 18.8 Å². The standard InChI is InChI=1S/C15H25N3O2/c1-4-18(11-15(2,3)20)10-14(19)17-13-7-5-12(9-16)6-8-13/h5-8,20H,4,9-11,16H2,1-3H3,(H,17,19). The Labute approximate surface area is 120 Å². The van der Waals surface area contributed by atoms with Crippen molar-refractivity contribution in [2.75, 3.05) is 25.0 Å². The third-order valence-corrected chi connectivity index (χ3v) is 2.90. The molecule has 0 saturated heterocycles. The van der Waals surface area contributed by atoms with E-state index in [1.165, 1.54) is 0 Å². The molecular formula is C15H25N3O2. The molecule has 0 unspecified atom stereocenters. The maximum Gasteiger partial charge on any atom is 0.238 e. The number of nitrogens with zero attached hydrogens (tertiary/aromatic N) is 1. The van der Waals surface area contributed by atoms with Gasteiger partial charge >= 0.3 is 0 Å². The molecule has 20 heavy (non-hydrogen) atoms. The first-order chi connectivity index (χ1) is 9.34. The summed E-state index contributed by atoms with van der Waals surface area (Å²) >= 11 is 0. The molecule has 0 saturated carbocycles. The number of amides is 1. The number of nitrogens with two attached hydrogens (primary N) is 1. The minimum absolute atomic E-state index is 0.0865. The number of carbonyl (C=O) groups excluding carboxylic acids is 1. The van der Waals surface area contributed by atoms with Crippen molar-refractivity contribution in [1.82, 2.24) is 4.90 Å². The second kappa shape index (κ2) is 7.38. The van der Waals surface area contributed by atoms with Crippen LogP contribution < -0.4 is 11.1 Å². The third-order valence-electron chi connectivity index (χ3n) is 2.90. The minimum atomic E-state index is -0.806. The lowest BCUT2D eigenvalue weighted by Gasteiger charge is -2.27. The van der Waals surface area contributed by atoms with Crippen molar-refractivity contribution in [3.8, 4) is 0 Å². The smallest absolute Gasteiger partial charge is 0.238 e. The lowest BCUT2D eigenvalue weighted by atomic mass is 10.1. The first-order valence-corrected chi connectivity index (χ1v) is 6.87. The molecule has 0 aliphatic carbocycles. The van der Waals surface area contributed by atoms with E-state index < -0.39 is 5.60 Å². The fourth-order valence-electron chi connectivity index (χ4n) is 1.95. The van der Waals surface area contributed by atoms with Gasteiger partial charge in [0.25, 0.3) is 0 Å². The van der Waals surface area contributed by atoms with Gasteiger partial charge in [-0.15, -0.1) is 0 Å². The fraction of sp³-hybridized carbons (Fsp3) is 0.533. The van der Waals surface area contributed by atoms with Gasteiger partial charge in [0.1, 0.15) is 0 Å². The molecule has 0 heterocycles. The third kappa shape index (κ3) is 6.14. The van der Waals surface area contributed by atoms with Crippen molar-refractivity contribution in [2.24, 2.45) is 5.73 Å². The van der Waals surface area contributed by atoms with E-state index in [1.54, 1.807) is 13.8 Å². The highest BCUT2D eigenvalue weighted by atomic mass is 16.3. The average Bonchev–Trinajstić information content (AvgIpc) is 2.37. The number of hydrogen-bond acceptors (Lipinski definition) is 4. The summed E-state index contributed by atoms with van der Waals surface area (Å²) in [5.41, 5.74) is 6.50. The van der Waals surface area contributed by atoms with Crippen LogP contribution in [0, 0.1) is 0 Å². The summed E-state index contributed by atoms with van der Waals surface area (Å²) in [6.45, 7) is 7.36. The number of rotatable bonds is 7. The van der Waals surface area contributed by atoms with Gasteiger partial charge in [-0.25, -0.2) is 0 Å². The Bertz CT molecular complexity index is 424. The number of aliphatic hydroxyl groups is 1. The van der Waals surface area contributed by atoms with E-state index in [9.17, 15) is 9.90 Å². The van der Waals surface area contributed by atoms with Gasteiger partial charge in [-0.3, -0.25) is 9.69 Å². The van der Waals surface area contributed by atoms with Gasteiger partial charge in [-0.05, 0) is 38.1 Å². The van der Waals surface area contributed by atoms with Gasteiger partial charge in [-0.2, -0.15) is 0 Å². The minimum Gasteiger partial charge on any atom is -0.389 e. The van der Waals surface area contributed by atoms with Crippen molar-refractivity contribution >= 4 is 11.6 Å². The van der Waals surface area contributed by atoms with Crippen molar-refractivity contribution < 1.29 is 9.90 Å². The Morgan fingerprint density at radius 1 is 1.35 bits per heavy atom. The lowest BCUT2D eigenvalue weighted by Crippen LogP contribution is -2.42. The molecule has 5 nitrogen and oxygen atoms in total. The van der Waals surface area contributed by atoms with E-state index in [-0.39, 0.29) is 12.5 Å². The molecule has 1 aromatic carbocycles. The molecule has 0 fully saturated rings. The molecule has 0 aliphatic rings. The first-order valence-electron chi connectivity index (χ1n) is 6.87. The number of benzene rings is 1. The number of carbonyl (C=O) groups is 1. The zero-order valence-corrected chi connectivity index (χ0v) is 12.5. The van der Waals surface area contributed by atoms with E-state index in [1.807, 2.05) is 36.1 Å². The SMILES string of the molecule is CCN(CC(=O)Nc1ccc(CN)cc1)CC(C)(C)O. The Morgan fingerprint density at radius 2 is 1.95 bits per heavy atom. The summed E-state index contributed by atoms with van der Waals surface area (Å²) in [4.78, 5) is 13.9. The normalized spacial score (nSPS) is 11.7. The molecule has 0 atom stereocenters. The van der Waals surface area contributed by atoms with Crippen LogP contribution in [0.25, 0.3) is 0 Å². The van der Waals surface area contributed by atoms with Crippen LogP contribution in [0.2, 0.25) is 0 Å². The largest absolute Gasteiger partial charge is 0.389 e. The monoisotopic (exact) mass is 279 g/mol. The Balaban J connectivity index is 2.52. The Hall–Kier alpha value is -1.43. The van der Waals surface area contributed by atoms with E-state index in [4.69, 9.17) is 5.73 Å². The second-order valence-corrected chi connectivity index (χ2v) is 5.56. The van der Waals surface area contributed by atoms with Gasteiger partial charge in [0.15, 0.2) is 0 Å². The van der Waals surface area contributed by atoms with E-state index in [2.05, 4.69) is 5.32 Å². The molecule has 0 aromatic heterocycles. The van der Waals surface area contributed by atoms with Crippen LogP contribution in [0.1, 0.15) is 26.3 Å². The van der Waals surface area contributed by atoms with Crippen LogP contribution in [0.4, 0.5) is 5.69 Å². The maximum absolute atomic E-state index is 12.0. The molecule has 5 heteroatoms. The Morgan fingerprint density at radius 3 is 2.40 bits per heavy atom. The van der Waals surface area contributed by atoms with Crippen LogP contribution >= 0.6 is 0 Å². The summed E-state index contributed by atoms with van der Waals surface area (Å²) in [6, 6.07) is 7.47. The van der Waals surface area contributed by atoms with Crippen molar-refractivity contribution in [3.05, 3.63) is 29.8 Å². The molecule has 1 rings (SSSR count). The van der Waals surface area contributed by atoms with Crippen LogP contribution in [-0.2, 0) is 11.3 Å². The maximum atomic E-state index is 12.0. The highest BCUT2D eigenvalue weighted by molar-refractivity contribution is 5.92. The molecule has 0 radical (unpaired) electrons. The molecule has 0 spiro atoms. The van der Waals surface area contributed by atoms with Gasteiger partial charge in [0.05, 0.1) is 12.1 Å². The number of nitrogens with one attached hydrogen (secondary N) is 1. The van der Waals surface area contributed by atoms with Gasteiger partial charge in [-0.1, -0.05) is 19.1 Å². The molecule has 1 aromatic rings. The predicted molar refractivity (Wildman–Crippen MR) is 81.4 cm³/mol. The van der Waals surface area contributed by atoms with Crippen LogP contribution in [-0.4, -0.2) is 41.1 Å². The first kappa shape index (κ1) is 16.6. The quantitative estimate of drug-likeness (QED) is 0.700. The average molecular weight is 279 g/mol. The summed E-state index contributed by atoms with van der Waals surface area (Å²) < 4.78 is 0.